The Balaban J connectivity index is 1.40. The molecular weight excluding hydrogens is 394 g/mol. The maximum Gasteiger partial charge on any atom is 0.335 e. The smallest absolute Gasteiger partial charge is 0.335 e. The maximum atomic E-state index is 11.0. The fraction of sp³-hybridized carbons (Fsp3) is 0.250. The van der Waals surface area contributed by atoms with E-state index < -0.39 is 5.97 Å². The van der Waals surface area contributed by atoms with Gasteiger partial charge >= 0.3 is 5.97 Å². The Bertz CT molecular complexity index is 1060. The number of hydrogen-bond donors (Lipinski definition) is 2. The predicted octanol–water partition coefficient (Wildman–Crippen LogP) is 3.48. The summed E-state index contributed by atoms with van der Waals surface area (Å²) in [6.45, 7) is 4.35. The van der Waals surface area contributed by atoms with Crippen LogP contribution in [0.2, 0.25) is 0 Å². The zero-order chi connectivity index (χ0) is 21.8. The van der Waals surface area contributed by atoms with E-state index in [0.717, 1.165) is 60.9 Å². The first-order valence-electron chi connectivity index (χ1n) is 10.2. The number of carboxylic acids is 1. The molecule has 0 bridgehead atoms. The lowest BCUT2D eigenvalue weighted by atomic mass is 10.0. The standard InChI is InChI=1S/C24H25N3O4/c1-31-23-13-18(20-12-22(28)15-25-14-20)2-3-19(23)16-26-8-10-27(11-9-26)21-6-4-17(5-7-21)24(29)30/h2-7,12-15,28H,8-11,16H2,1H3,(H,29,30). The Morgan fingerprint density at radius 1 is 1.00 bits per heavy atom. The molecule has 1 saturated heterocycles. The molecule has 2 heterocycles. The molecule has 0 saturated carbocycles. The average Bonchev–Trinajstić information content (AvgIpc) is 2.80. The number of methoxy groups -OCH3 is 1. The number of benzene rings is 2. The topological polar surface area (TPSA) is 86.1 Å². The van der Waals surface area contributed by atoms with Crippen LogP contribution in [0.25, 0.3) is 11.1 Å². The number of ether oxygens (including phenoxy) is 1. The van der Waals surface area contributed by atoms with Gasteiger partial charge in [-0.3, -0.25) is 9.88 Å². The summed E-state index contributed by atoms with van der Waals surface area (Å²) in [5.41, 5.74) is 4.25. The largest absolute Gasteiger partial charge is 0.506 e. The van der Waals surface area contributed by atoms with Gasteiger partial charge in [0.2, 0.25) is 0 Å². The maximum absolute atomic E-state index is 11.0. The molecule has 160 valence electrons. The molecule has 4 rings (SSSR count). The van der Waals surface area contributed by atoms with Crippen LogP contribution in [-0.4, -0.2) is 59.4 Å². The van der Waals surface area contributed by atoms with Gasteiger partial charge in [-0.15, -0.1) is 0 Å². The molecule has 2 N–H and O–H groups in total. The van der Waals surface area contributed by atoms with Crippen LogP contribution in [0.3, 0.4) is 0 Å². The molecule has 7 heteroatoms. The SMILES string of the molecule is COc1cc(-c2cncc(O)c2)ccc1CN1CCN(c2ccc(C(=O)O)cc2)CC1. The summed E-state index contributed by atoms with van der Waals surface area (Å²) in [5, 5.41) is 18.7. The molecule has 1 aromatic heterocycles. The van der Waals surface area contributed by atoms with E-state index in [1.54, 1.807) is 31.5 Å². The highest BCUT2D eigenvalue weighted by Gasteiger charge is 2.19. The van der Waals surface area contributed by atoms with Crippen molar-refractivity contribution in [3.05, 3.63) is 72.1 Å². The summed E-state index contributed by atoms with van der Waals surface area (Å²) in [7, 11) is 1.67. The normalized spacial score (nSPS) is 14.4. The number of rotatable bonds is 6. The van der Waals surface area contributed by atoms with Crippen LogP contribution < -0.4 is 9.64 Å². The Labute approximate surface area is 181 Å². The number of aromatic hydroxyl groups is 1. The van der Waals surface area contributed by atoms with Crippen LogP contribution >= 0.6 is 0 Å². The predicted molar refractivity (Wildman–Crippen MR) is 119 cm³/mol. The molecule has 2 aromatic carbocycles. The number of carbonyl (C=O) groups is 1. The van der Waals surface area contributed by atoms with E-state index in [-0.39, 0.29) is 5.75 Å². The lowest BCUT2D eigenvalue weighted by Crippen LogP contribution is -2.46. The minimum Gasteiger partial charge on any atom is -0.506 e. The molecule has 3 aromatic rings. The van der Waals surface area contributed by atoms with Crippen molar-refractivity contribution < 1.29 is 19.7 Å². The van der Waals surface area contributed by atoms with Crippen LogP contribution in [0, 0.1) is 0 Å². The number of carboxylic acid groups (broad SMARTS) is 1. The van der Waals surface area contributed by atoms with Gasteiger partial charge in [-0.1, -0.05) is 12.1 Å². The molecule has 0 radical (unpaired) electrons. The first-order valence-corrected chi connectivity index (χ1v) is 10.2. The van der Waals surface area contributed by atoms with E-state index in [0.29, 0.717) is 5.56 Å². The Morgan fingerprint density at radius 2 is 1.74 bits per heavy atom. The zero-order valence-corrected chi connectivity index (χ0v) is 17.4. The van der Waals surface area contributed by atoms with Gasteiger partial charge in [0, 0.05) is 55.7 Å². The molecule has 0 aliphatic carbocycles. The number of aromatic nitrogens is 1. The monoisotopic (exact) mass is 419 g/mol. The van der Waals surface area contributed by atoms with Crippen molar-refractivity contribution in [2.45, 2.75) is 6.54 Å². The molecule has 1 aliphatic rings. The third-order valence-corrected chi connectivity index (χ3v) is 5.59. The van der Waals surface area contributed by atoms with E-state index in [1.165, 1.54) is 6.20 Å². The van der Waals surface area contributed by atoms with Gasteiger partial charge in [-0.25, -0.2) is 4.79 Å². The quantitative estimate of drug-likeness (QED) is 0.633. The number of piperazine rings is 1. The van der Waals surface area contributed by atoms with Gasteiger partial charge in [0.05, 0.1) is 18.9 Å². The Morgan fingerprint density at radius 3 is 2.39 bits per heavy atom. The average molecular weight is 419 g/mol. The van der Waals surface area contributed by atoms with Gasteiger partial charge in [0.1, 0.15) is 11.5 Å². The summed E-state index contributed by atoms with van der Waals surface area (Å²) in [6.07, 6.45) is 3.13. The number of pyridine rings is 1. The molecule has 0 atom stereocenters. The fourth-order valence-electron chi connectivity index (χ4n) is 3.86. The Kier molecular flexibility index (Phi) is 6.04. The molecule has 7 nitrogen and oxygen atoms in total. The van der Waals surface area contributed by atoms with E-state index in [9.17, 15) is 9.90 Å². The minimum atomic E-state index is -0.906. The molecule has 31 heavy (non-hydrogen) atoms. The molecule has 1 fully saturated rings. The van der Waals surface area contributed by atoms with E-state index in [4.69, 9.17) is 9.84 Å². The third kappa shape index (κ3) is 4.78. The summed E-state index contributed by atoms with van der Waals surface area (Å²) in [5.74, 6) is 0.0419. The first kappa shape index (κ1) is 20.7. The van der Waals surface area contributed by atoms with Gasteiger partial charge in [-0.2, -0.15) is 0 Å². The van der Waals surface area contributed by atoms with Gasteiger partial charge < -0.3 is 19.8 Å². The molecular formula is C24H25N3O4. The highest BCUT2D eigenvalue weighted by atomic mass is 16.5. The van der Waals surface area contributed by atoms with Crippen LogP contribution in [0.1, 0.15) is 15.9 Å². The summed E-state index contributed by atoms with van der Waals surface area (Å²) < 4.78 is 5.63. The van der Waals surface area contributed by atoms with E-state index in [2.05, 4.69) is 20.9 Å². The lowest BCUT2D eigenvalue weighted by Gasteiger charge is -2.36. The fourth-order valence-corrected chi connectivity index (χ4v) is 3.86. The van der Waals surface area contributed by atoms with Crippen molar-refractivity contribution in [2.75, 3.05) is 38.2 Å². The van der Waals surface area contributed by atoms with Crippen molar-refractivity contribution in [2.24, 2.45) is 0 Å². The summed E-state index contributed by atoms with van der Waals surface area (Å²) in [4.78, 5) is 19.7. The number of nitrogens with zero attached hydrogens (tertiary/aromatic N) is 3. The van der Waals surface area contributed by atoms with Crippen LogP contribution in [0.15, 0.2) is 60.9 Å². The van der Waals surface area contributed by atoms with Crippen molar-refractivity contribution in [3.8, 4) is 22.6 Å². The second-order valence-electron chi connectivity index (χ2n) is 7.57. The van der Waals surface area contributed by atoms with Crippen LogP contribution in [0.5, 0.6) is 11.5 Å². The molecule has 1 aliphatic heterocycles. The van der Waals surface area contributed by atoms with Crippen LogP contribution in [-0.2, 0) is 6.54 Å². The Hall–Kier alpha value is -3.58. The van der Waals surface area contributed by atoms with Crippen molar-refractivity contribution in [1.82, 2.24) is 9.88 Å². The van der Waals surface area contributed by atoms with E-state index in [1.807, 2.05) is 24.3 Å². The number of aromatic carboxylic acids is 1. The van der Waals surface area contributed by atoms with Crippen LogP contribution in [0.4, 0.5) is 5.69 Å². The second-order valence-corrected chi connectivity index (χ2v) is 7.57. The van der Waals surface area contributed by atoms with Gasteiger partial charge in [0.15, 0.2) is 0 Å². The highest BCUT2D eigenvalue weighted by molar-refractivity contribution is 5.88. The molecule has 0 unspecified atom stereocenters. The summed E-state index contributed by atoms with van der Waals surface area (Å²) >= 11 is 0. The lowest BCUT2D eigenvalue weighted by molar-refractivity contribution is 0.0697. The number of anilines is 1. The minimum absolute atomic E-state index is 0.135. The van der Waals surface area contributed by atoms with Gasteiger partial charge in [-0.05, 0) is 42.0 Å². The zero-order valence-electron chi connectivity index (χ0n) is 17.4. The van der Waals surface area contributed by atoms with Crippen molar-refractivity contribution in [3.63, 3.8) is 0 Å². The highest BCUT2D eigenvalue weighted by Crippen LogP contribution is 2.29. The third-order valence-electron chi connectivity index (χ3n) is 5.59. The van der Waals surface area contributed by atoms with Gasteiger partial charge in [0.25, 0.3) is 0 Å². The number of hydrogen-bond acceptors (Lipinski definition) is 6. The van der Waals surface area contributed by atoms with E-state index >= 15 is 0 Å². The van der Waals surface area contributed by atoms with Crippen molar-refractivity contribution >= 4 is 11.7 Å². The summed E-state index contributed by atoms with van der Waals surface area (Å²) in [6, 6.07) is 14.8. The molecule has 0 spiro atoms. The van der Waals surface area contributed by atoms with Crippen molar-refractivity contribution in [1.29, 1.82) is 0 Å². The second kappa shape index (κ2) is 9.06. The first-order chi connectivity index (χ1) is 15.0. The molecule has 0 amide bonds.